The van der Waals surface area contributed by atoms with Gasteiger partial charge in [-0.1, -0.05) is 46.4 Å². The quantitative estimate of drug-likeness (QED) is 0.437. The van der Waals surface area contributed by atoms with E-state index in [4.69, 9.17) is 46.4 Å². The van der Waals surface area contributed by atoms with Gasteiger partial charge in [-0.15, -0.1) is 0 Å². The summed E-state index contributed by atoms with van der Waals surface area (Å²) >= 11 is 23.9. The molecule has 2 heterocycles. The highest BCUT2D eigenvalue weighted by Crippen LogP contribution is 2.44. The van der Waals surface area contributed by atoms with Crippen molar-refractivity contribution in [1.29, 1.82) is 0 Å². The molecule has 0 atom stereocenters. The van der Waals surface area contributed by atoms with Crippen molar-refractivity contribution in [3.05, 3.63) is 31.2 Å². The zero-order valence-electron chi connectivity index (χ0n) is 11.7. The van der Waals surface area contributed by atoms with E-state index in [9.17, 15) is 14.4 Å². The van der Waals surface area contributed by atoms with Gasteiger partial charge in [0.2, 0.25) is 5.91 Å². The molecule has 23 heavy (non-hydrogen) atoms. The van der Waals surface area contributed by atoms with Gasteiger partial charge < -0.3 is 4.90 Å². The van der Waals surface area contributed by atoms with Crippen LogP contribution in [-0.2, 0) is 4.79 Å². The Hall–Kier alpha value is -1.01. The standard InChI is InChI=1S/C14H10Cl4N2O3/c15-9-7-8(10(16)12(18)11(9)17)14(23)20(13(7)22)5-6(21)19-3-1-2-4-19/h1-5H2. The first kappa shape index (κ1) is 16.8. The smallest absolute Gasteiger partial charge is 0.263 e. The van der Waals surface area contributed by atoms with Crippen molar-refractivity contribution in [3.8, 4) is 0 Å². The third kappa shape index (κ3) is 2.60. The van der Waals surface area contributed by atoms with Crippen molar-refractivity contribution in [2.24, 2.45) is 0 Å². The lowest BCUT2D eigenvalue weighted by atomic mass is 10.1. The molecule has 0 saturated carbocycles. The Labute approximate surface area is 152 Å². The molecule has 1 fully saturated rings. The summed E-state index contributed by atoms with van der Waals surface area (Å²) in [7, 11) is 0. The molecule has 0 spiro atoms. The Morgan fingerprint density at radius 3 is 1.70 bits per heavy atom. The molecule has 0 N–H and O–H groups in total. The van der Waals surface area contributed by atoms with E-state index in [0.717, 1.165) is 17.7 Å². The van der Waals surface area contributed by atoms with Gasteiger partial charge in [-0.3, -0.25) is 19.3 Å². The van der Waals surface area contributed by atoms with E-state index in [2.05, 4.69) is 0 Å². The highest BCUT2D eigenvalue weighted by atomic mass is 35.5. The van der Waals surface area contributed by atoms with Crippen LogP contribution in [0, 0.1) is 0 Å². The predicted molar refractivity (Wildman–Crippen MR) is 87.7 cm³/mol. The Balaban J connectivity index is 1.96. The van der Waals surface area contributed by atoms with Crippen LogP contribution in [0.1, 0.15) is 33.6 Å². The van der Waals surface area contributed by atoms with Gasteiger partial charge in [-0.25, -0.2) is 0 Å². The van der Waals surface area contributed by atoms with Gasteiger partial charge in [0.15, 0.2) is 0 Å². The third-order valence-corrected chi connectivity index (χ3v) is 5.74. The van der Waals surface area contributed by atoms with Gasteiger partial charge in [-0.05, 0) is 12.8 Å². The van der Waals surface area contributed by atoms with Gasteiger partial charge in [-0.2, -0.15) is 0 Å². The maximum absolute atomic E-state index is 12.5. The Bertz CT molecular complexity index is 697. The summed E-state index contributed by atoms with van der Waals surface area (Å²) in [5.41, 5.74) is -0.212. The van der Waals surface area contributed by atoms with Crippen LogP contribution in [0.15, 0.2) is 0 Å². The average Bonchev–Trinajstić information content (AvgIpc) is 3.13. The van der Waals surface area contributed by atoms with Crippen molar-refractivity contribution in [1.82, 2.24) is 9.80 Å². The first-order valence-corrected chi connectivity index (χ1v) is 8.35. The van der Waals surface area contributed by atoms with E-state index in [1.807, 2.05) is 0 Å². The topological polar surface area (TPSA) is 57.7 Å². The molecule has 0 aliphatic carbocycles. The molecular weight excluding hydrogens is 386 g/mol. The second-order valence-corrected chi connectivity index (χ2v) is 6.80. The molecule has 1 aromatic carbocycles. The van der Waals surface area contributed by atoms with Crippen LogP contribution in [-0.4, -0.2) is 47.2 Å². The number of hydrogen-bond donors (Lipinski definition) is 0. The molecule has 2 aliphatic heterocycles. The Morgan fingerprint density at radius 2 is 1.26 bits per heavy atom. The molecule has 0 unspecified atom stereocenters. The minimum atomic E-state index is -0.692. The van der Waals surface area contributed by atoms with E-state index in [-0.39, 0.29) is 43.7 Å². The number of benzene rings is 1. The summed E-state index contributed by atoms with van der Waals surface area (Å²) in [4.78, 5) is 39.6. The van der Waals surface area contributed by atoms with Crippen LogP contribution in [0.2, 0.25) is 20.1 Å². The van der Waals surface area contributed by atoms with E-state index in [0.29, 0.717) is 13.1 Å². The van der Waals surface area contributed by atoms with Crippen LogP contribution in [0.4, 0.5) is 0 Å². The zero-order chi connectivity index (χ0) is 16.9. The molecule has 9 heteroatoms. The molecule has 3 rings (SSSR count). The first-order chi connectivity index (χ1) is 10.8. The fourth-order valence-electron chi connectivity index (χ4n) is 2.74. The monoisotopic (exact) mass is 394 g/mol. The Kier molecular flexibility index (Phi) is 4.49. The molecule has 0 bridgehead atoms. The number of amides is 3. The van der Waals surface area contributed by atoms with Gasteiger partial charge in [0, 0.05) is 13.1 Å². The summed E-state index contributed by atoms with van der Waals surface area (Å²) in [6.45, 7) is 0.899. The van der Waals surface area contributed by atoms with Crippen LogP contribution >= 0.6 is 46.4 Å². The normalized spacial score (nSPS) is 17.2. The molecule has 0 radical (unpaired) electrons. The minimum absolute atomic E-state index is 0.0917. The van der Waals surface area contributed by atoms with E-state index in [1.165, 1.54) is 0 Å². The minimum Gasteiger partial charge on any atom is -0.341 e. The molecular formula is C14H10Cl4N2O3. The second kappa shape index (κ2) is 6.13. The molecule has 1 saturated heterocycles. The maximum Gasteiger partial charge on any atom is 0.263 e. The third-order valence-electron chi connectivity index (χ3n) is 3.94. The number of likely N-dealkylation sites (tertiary alicyclic amines) is 1. The molecule has 3 amide bonds. The summed E-state index contributed by atoms with van der Waals surface area (Å²) < 4.78 is 0. The SMILES string of the molecule is O=C(CN1C(=O)c2c(Cl)c(Cl)c(Cl)c(Cl)c2C1=O)N1CCCC1. The second-order valence-electron chi connectivity index (χ2n) is 5.29. The van der Waals surface area contributed by atoms with Crippen LogP contribution in [0.5, 0.6) is 0 Å². The molecule has 122 valence electrons. The lowest BCUT2D eigenvalue weighted by molar-refractivity contribution is -0.130. The number of nitrogens with zero attached hydrogens (tertiary/aromatic N) is 2. The number of imide groups is 1. The van der Waals surface area contributed by atoms with Crippen LogP contribution < -0.4 is 0 Å². The van der Waals surface area contributed by atoms with Crippen molar-refractivity contribution in [3.63, 3.8) is 0 Å². The fraction of sp³-hybridized carbons (Fsp3) is 0.357. The van der Waals surface area contributed by atoms with Gasteiger partial charge in [0.1, 0.15) is 6.54 Å². The van der Waals surface area contributed by atoms with Gasteiger partial charge in [0.25, 0.3) is 11.8 Å². The summed E-state index contributed by atoms with van der Waals surface area (Å²) in [5.74, 6) is -1.67. The van der Waals surface area contributed by atoms with E-state index in [1.54, 1.807) is 4.90 Å². The summed E-state index contributed by atoms with van der Waals surface area (Å²) in [5, 5.41) is -0.451. The fourth-order valence-corrected chi connectivity index (χ4v) is 3.76. The molecule has 0 aromatic heterocycles. The first-order valence-electron chi connectivity index (χ1n) is 6.84. The highest BCUT2D eigenvalue weighted by molar-refractivity contribution is 6.55. The average molecular weight is 396 g/mol. The number of rotatable bonds is 2. The van der Waals surface area contributed by atoms with Crippen molar-refractivity contribution < 1.29 is 14.4 Å². The number of carbonyl (C=O) groups excluding carboxylic acids is 3. The largest absolute Gasteiger partial charge is 0.341 e. The predicted octanol–water partition coefficient (Wildman–Crippen LogP) is 3.52. The van der Waals surface area contributed by atoms with Crippen molar-refractivity contribution in [2.75, 3.05) is 19.6 Å². The van der Waals surface area contributed by atoms with Crippen molar-refractivity contribution in [2.45, 2.75) is 12.8 Å². The Morgan fingerprint density at radius 1 is 0.826 bits per heavy atom. The summed E-state index contributed by atoms with van der Waals surface area (Å²) in [6.07, 6.45) is 1.83. The zero-order valence-corrected chi connectivity index (χ0v) is 14.7. The van der Waals surface area contributed by atoms with E-state index < -0.39 is 11.8 Å². The number of hydrogen-bond acceptors (Lipinski definition) is 3. The number of carbonyl (C=O) groups is 3. The lowest BCUT2D eigenvalue weighted by Crippen LogP contribution is -2.41. The number of fused-ring (bicyclic) bond motifs is 1. The van der Waals surface area contributed by atoms with E-state index >= 15 is 0 Å². The lowest BCUT2D eigenvalue weighted by Gasteiger charge is -2.19. The van der Waals surface area contributed by atoms with Gasteiger partial charge >= 0.3 is 0 Å². The summed E-state index contributed by atoms with van der Waals surface area (Å²) in [6, 6.07) is 0. The molecule has 5 nitrogen and oxygen atoms in total. The maximum atomic E-state index is 12.5. The van der Waals surface area contributed by atoms with Crippen molar-refractivity contribution >= 4 is 64.1 Å². The van der Waals surface area contributed by atoms with Crippen LogP contribution in [0.25, 0.3) is 0 Å². The molecule has 1 aromatic rings. The van der Waals surface area contributed by atoms with Gasteiger partial charge in [0.05, 0.1) is 31.2 Å². The molecule has 2 aliphatic rings. The highest BCUT2D eigenvalue weighted by Gasteiger charge is 2.42. The van der Waals surface area contributed by atoms with Crippen LogP contribution in [0.3, 0.4) is 0 Å². The number of halogens is 4.